The summed E-state index contributed by atoms with van der Waals surface area (Å²) in [5, 5.41) is 2.75. The quantitative estimate of drug-likeness (QED) is 0.705. The number of likely N-dealkylation sites (N-methyl/N-ethyl adjacent to an activating group) is 1. The van der Waals surface area contributed by atoms with Crippen molar-refractivity contribution in [1.29, 1.82) is 0 Å². The van der Waals surface area contributed by atoms with Gasteiger partial charge in [-0.15, -0.1) is 0 Å². The molecule has 158 valence electrons. The normalized spacial score (nSPS) is 12.5. The zero-order valence-electron chi connectivity index (χ0n) is 16.8. The van der Waals surface area contributed by atoms with Gasteiger partial charge >= 0.3 is 0 Å². The number of carbonyl (C=O) groups excluding carboxylic acids is 2. The fraction of sp³-hybridized carbons (Fsp3) is 0.273. The van der Waals surface area contributed by atoms with Crippen LogP contribution < -0.4 is 19.5 Å². The van der Waals surface area contributed by atoms with Crippen molar-refractivity contribution in [2.45, 2.75) is 6.92 Å². The molecule has 0 aromatic heterocycles. The van der Waals surface area contributed by atoms with E-state index >= 15 is 0 Å². The van der Waals surface area contributed by atoms with E-state index in [-0.39, 0.29) is 24.1 Å². The van der Waals surface area contributed by atoms with Gasteiger partial charge in [-0.05, 0) is 42.8 Å². The van der Waals surface area contributed by atoms with Gasteiger partial charge in [0.1, 0.15) is 19.8 Å². The van der Waals surface area contributed by atoms with Crippen molar-refractivity contribution in [1.82, 2.24) is 4.90 Å². The maximum absolute atomic E-state index is 13.8. The van der Waals surface area contributed by atoms with Crippen molar-refractivity contribution in [2.24, 2.45) is 0 Å². The molecule has 1 aliphatic rings. The van der Waals surface area contributed by atoms with Gasteiger partial charge in [-0.3, -0.25) is 9.59 Å². The van der Waals surface area contributed by atoms with Crippen LogP contribution in [0.4, 0.5) is 10.1 Å². The molecule has 0 spiro atoms. The van der Waals surface area contributed by atoms with E-state index in [1.165, 1.54) is 36.3 Å². The van der Waals surface area contributed by atoms with E-state index in [1.54, 1.807) is 31.2 Å². The molecule has 1 heterocycles. The van der Waals surface area contributed by atoms with Crippen LogP contribution in [0.25, 0.3) is 6.08 Å². The van der Waals surface area contributed by atoms with Crippen LogP contribution in [-0.4, -0.2) is 50.1 Å². The molecule has 7 nitrogen and oxygen atoms in total. The Morgan fingerprint density at radius 1 is 1.17 bits per heavy atom. The highest BCUT2D eigenvalue weighted by Gasteiger charge is 2.16. The molecule has 0 radical (unpaired) electrons. The lowest BCUT2D eigenvalue weighted by atomic mass is 10.2. The van der Waals surface area contributed by atoms with E-state index in [2.05, 4.69) is 5.32 Å². The molecule has 0 saturated carbocycles. The minimum Gasteiger partial charge on any atom is -0.494 e. The van der Waals surface area contributed by atoms with Gasteiger partial charge in [0.2, 0.25) is 11.8 Å². The standard InChI is InChI=1S/C22H23FN2O5/c1-3-25(22(27)9-5-15-4-7-18(28-2)17(23)12-15)14-21(26)24-16-6-8-19-20(13-16)30-11-10-29-19/h4-9,12-13H,3,10-11,14H2,1-2H3,(H,24,26)/b9-5+. The third-order valence-electron chi connectivity index (χ3n) is 4.45. The Labute approximate surface area is 174 Å². The van der Waals surface area contributed by atoms with Crippen LogP contribution in [0.2, 0.25) is 0 Å². The largest absolute Gasteiger partial charge is 0.494 e. The second-order valence-electron chi connectivity index (χ2n) is 6.49. The molecule has 8 heteroatoms. The molecule has 2 aromatic carbocycles. The first kappa shape index (κ1) is 21.2. The van der Waals surface area contributed by atoms with Gasteiger partial charge in [-0.1, -0.05) is 6.07 Å². The number of benzene rings is 2. The number of nitrogens with zero attached hydrogens (tertiary/aromatic N) is 1. The summed E-state index contributed by atoms with van der Waals surface area (Å²) in [5.74, 6) is 0.112. The fourth-order valence-corrected chi connectivity index (χ4v) is 2.90. The van der Waals surface area contributed by atoms with E-state index in [1.807, 2.05) is 0 Å². The van der Waals surface area contributed by atoms with Crippen LogP contribution in [0.15, 0.2) is 42.5 Å². The molecule has 0 aliphatic carbocycles. The Morgan fingerprint density at radius 2 is 1.93 bits per heavy atom. The Hall–Kier alpha value is -3.55. The number of amides is 2. The van der Waals surface area contributed by atoms with E-state index in [0.717, 1.165) is 0 Å². The minimum atomic E-state index is -0.516. The maximum atomic E-state index is 13.8. The highest BCUT2D eigenvalue weighted by Crippen LogP contribution is 2.32. The summed E-state index contributed by atoms with van der Waals surface area (Å²) in [6.07, 6.45) is 2.80. The smallest absolute Gasteiger partial charge is 0.247 e. The average Bonchev–Trinajstić information content (AvgIpc) is 2.75. The summed E-state index contributed by atoms with van der Waals surface area (Å²) in [6.45, 7) is 2.94. The number of fused-ring (bicyclic) bond motifs is 1. The number of hydrogen-bond acceptors (Lipinski definition) is 5. The number of nitrogens with one attached hydrogen (secondary N) is 1. The zero-order chi connectivity index (χ0) is 21.5. The first-order chi connectivity index (χ1) is 14.5. The number of hydrogen-bond donors (Lipinski definition) is 1. The Balaban J connectivity index is 1.59. The van der Waals surface area contributed by atoms with Gasteiger partial charge in [0.15, 0.2) is 23.1 Å². The van der Waals surface area contributed by atoms with E-state index in [9.17, 15) is 14.0 Å². The van der Waals surface area contributed by atoms with Gasteiger partial charge in [-0.2, -0.15) is 0 Å². The molecule has 0 fully saturated rings. The number of ether oxygens (including phenoxy) is 3. The molecule has 0 atom stereocenters. The monoisotopic (exact) mass is 414 g/mol. The van der Waals surface area contributed by atoms with Crippen molar-refractivity contribution in [2.75, 3.05) is 38.7 Å². The van der Waals surface area contributed by atoms with Gasteiger partial charge in [-0.25, -0.2) is 4.39 Å². The summed E-state index contributed by atoms with van der Waals surface area (Å²) in [6, 6.07) is 9.51. The van der Waals surface area contributed by atoms with Crippen LogP contribution in [0.5, 0.6) is 17.2 Å². The predicted octanol–water partition coefficient (Wildman–Crippen LogP) is 3.11. The molecular formula is C22H23FN2O5. The Kier molecular flexibility index (Phi) is 6.90. The summed E-state index contributed by atoms with van der Waals surface area (Å²) in [4.78, 5) is 26.2. The third-order valence-corrected chi connectivity index (χ3v) is 4.45. The first-order valence-electron chi connectivity index (χ1n) is 9.50. The lowest BCUT2D eigenvalue weighted by Crippen LogP contribution is -2.36. The number of carbonyl (C=O) groups is 2. The van der Waals surface area contributed by atoms with Gasteiger partial charge in [0, 0.05) is 24.4 Å². The molecule has 2 amide bonds. The van der Waals surface area contributed by atoms with Crippen LogP contribution in [0.1, 0.15) is 12.5 Å². The number of anilines is 1. The second-order valence-corrected chi connectivity index (χ2v) is 6.49. The average molecular weight is 414 g/mol. The highest BCUT2D eigenvalue weighted by atomic mass is 19.1. The number of rotatable bonds is 7. The van der Waals surface area contributed by atoms with Crippen molar-refractivity contribution in [3.8, 4) is 17.2 Å². The van der Waals surface area contributed by atoms with Crippen LogP contribution in [0, 0.1) is 5.82 Å². The van der Waals surface area contributed by atoms with Crippen LogP contribution >= 0.6 is 0 Å². The third kappa shape index (κ3) is 5.28. The Bertz CT molecular complexity index is 961. The molecule has 2 aromatic rings. The molecule has 1 aliphatic heterocycles. The molecule has 30 heavy (non-hydrogen) atoms. The summed E-state index contributed by atoms with van der Waals surface area (Å²) in [7, 11) is 1.38. The van der Waals surface area contributed by atoms with E-state index in [4.69, 9.17) is 14.2 Å². The van der Waals surface area contributed by atoms with Crippen molar-refractivity contribution in [3.05, 3.63) is 53.9 Å². The zero-order valence-corrected chi connectivity index (χ0v) is 16.8. The highest BCUT2D eigenvalue weighted by molar-refractivity contribution is 5.98. The number of halogens is 1. The van der Waals surface area contributed by atoms with E-state index in [0.29, 0.717) is 42.5 Å². The first-order valence-corrected chi connectivity index (χ1v) is 9.50. The maximum Gasteiger partial charge on any atom is 0.247 e. The SMILES string of the molecule is CCN(CC(=O)Nc1ccc2c(c1)OCCO2)C(=O)/C=C/c1ccc(OC)c(F)c1. The Morgan fingerprint density at radius 3 is 2.63 bits per heavy atom. The second kappa shape index (κ2) is 9.78. The number of methoxy groups -OCH3 is 1. The lowest BCUT2D eigenvalue weighted by molar-refractivity contribution is -0.130. The molecule has 0 bridgehead atoms. The van der Waals surface area contributed by atoms with Crippen molar-refractivity contribution < 1.29 is 28.2 Å². The molecule has 0 saturated heterocycles. The van der Waals surface area contributed by atoms with Crippen LogP contribution in [-0.2, 0) is 9.59 Å². The van der Waals surface area contributed by atoms with E-state index < -0.39 is 5.82 Å². The summed E-state index contributed by atoms with van der Waals surface area (Å²) >= 11 is 0. The molecule has 1 N–H and O–H groups in total. The predicted molar refractivity (Wildman–Crippen MR) is 110 cm³/mol. The molecule has 3 rings (SSSR count). The van der Waals surface area contributed by atoms with Gasteiger partial charge < -0.3 is 24.4 Å². The minimum absolute atomic E-state index is 0.120. The van der Waals surface area contributed by atoms with Gasteiger partial charge in [0.25, 0.3) is 0 Å². The topological polar surface area (TPSA) is 77.1 Å². The van der Waals surface area contributed by atoms with Crippen LogP contribution in [0.3, 0.4) is 0 Å². The summed E-state index contributed by atoms with van der Waals surface area (Å²) in [5.41, 5.74) is 1.07. The molecule has 0 unspecified atom stereocenters. The lowest BCUT2D eigenvalue weighted by Gasteiger charge is -2.20. The van der Waals surface area contributed by atoms with Crippen molar-refractivity contribution in [3.63, 3.8) is 0 Å². The molecular weight excluding hydrogens is 391 g/mol. The van der Waals surface area contributed by atoms with Gasteiger partial charge in [0.05, 0.1) is 7.11 Å². The fourth-order valence-electron chi connectivity index (χ4n) is 2.90. The summed E-state index contributed by atoms with van der Waals surface area (Å²) < 4.78 is 29.6. The van der Waals surface area contributed by atoms with Crippen molar-refractivity contribution >= 4 is 23.6 Å².